The molecule has 20 heavy (non-hydrogen) atoms. The van der Waals surface area contributed by atoms with E-state index in [9.17, 15) is 9.18 Å². The standard InChI is InChI=1S/C15H21FN2O2/c1-11-13(16)6-3-7-14(11)17-15(19)9-18-8-4-5-12(18)10-20-2/h3,6-7,12H,4-5,8-10H2,1-2H3,(H,17,19)/t12-/m0/s1. The summed E-state index contributed by atoms with van der Waals surface area (Å²) in [6, 6.07) is 5.01. The van der Waals surface area contributed by atoms with Crippen molar-refractivity contribution >= 4 is 11.6 Å². The lowest BCUT2D eigenvalue weighted by molar-refractivity contribution is -0.117. The van der Waals surface area contributed by atoms with Crippen LogP contribution in [0.15, 0.2) is 18.2 Å². The van der Waals surface area contributed by atoms with Crippen molar-refractivity contribution in [3.05, 3.63) is 29.6 Å². The molecule has 5 heteroatoms. The molecule has 1 aliphatic heterocycles. The number of nitrogens with zero attached hydrogens (tertiary/aromatic N) is 1. The van der Waals surface area contributed by atoms with Crippen LogP contribution in [0.1, 0.15) is 18.4 Å². The second kappa shape index (κ2) is 6.81. The minimum absolute atomic E-state index is 0.110. The van der Waals surface area contributed by atoms with E-state index in [4.69, 9.17) is 4.74 Å². The topological polar surface area (TPSA) is 41.6 Å². The Morgan fingerprint density at radius 3 is 3.10 bits per heavy atom. The Morgan fingerprint density at radius 1 is 1.55 bits per heavy atom. The first-order chi connectivity index (χ1) is 9.61. The van der Waals surface area contributed by atoms with E-state index >= 15 is 0 Å². The fourth-order valence-electron chi connectivity index (χ4n) is 2.60. The SMILES string of the molecule is COC[C@@H]1CCCN1CC(=O)Nc1cccc(F)c1C. The van der Waals surface area contributed by atoms with Gasteiger partial charge >= 0.3 is 0 Å². The van der Waals surface area contributed by atoms with Crippen LogP contribution in [0, 0.1) is 12.7 Å². The maximum absolute atomic E-state index is 13.4. The molecule has 0 unspecified atom stereocenters. The van der Waals surface area contributed by atoms with Gasteiger partial charge in [-0.3, -0.25) is 9.69 Å². The summed E-state index contributed by atoms with van der Waals surface area (Å²) in [6.45, 7) is 3.54. The maximum Gasteiger partial charge on any atom is 0.238 e. The van der Waals surface area contributed by atoms with Crippen LogP contribution >= 0.6 is 0 Å². The van der Waals surface area contributed by atoms with Gasteiger partial charge in [-0.1, -0.05) is 6.07 Å². The summed E-state index contributed by atoms with van der Waals surface area (Å²) in [5.74, 6) is -0.414. The molecular formula is C15H21FN2O2. The fraction of sp³-hybridized carbons (Fsp3) is 0.533. The molecular weight excluding hydrogens is 259 g/mol. The first-order valence-corrected chi connectivity index (χ1v) is 6.89. The number of nitrogens with one attached hydrogen (secondary N) is 1. The molecule has 1 amide bonds. The molecule has 0 bridgehead atoms. The Balaban J connectivity index is 1.94. The summed E-state index contributed by atoms with van der Waals surface area (Å²) < 4.78 is 18.6. The third-order valence-corrected chi connectivity index (χ3v) is 3.75. The van der Waals surface area contributed by atoms with Crippen LogP contribution in [-0.2, 0) is 9.53 Å². The maximum atomic E-state index is 13.4. The highest BCUT2D eigenvalue weighted by atomic mass is 19.1. The average molecular weight is 280 g/mol. The van der Waals surface area contributed by atoms with Crippen LogP contribution in [0.5, 0.6) is 0 Å². The summed E-state index contributed by atoms with van der Waals surface area (Å²) >= 11 is 0. The minimum Gasteiger partial charge on any atom is -0.383 e. The van der Waals surface area contributed by atoms with Crippen molar-refractivity contribution in [3.8, 4) is 0 Å². The van der Waals surface area contributed by atoms with E-state index in [1.54, 1.807) is 26.2 Å². The molecule has 0 aliphatic carbocycles. The van der Waals surface area contributed by atoms with E-state index in [0.29, 0.717) is 30.4 Å². The molecule has 1 atom stereocenters. The van der Waals surface area contributed by atoms with Crippen molar-refractivity contribution in [3.63, 3.8) is 0 Å². The molecule has 1 heterocycles. The number of amides is 1. The molecule has 0 radical (unpaired) electrons. The number of anilines is 1. The molecule has 1 saturated heterocycles. The van der Waals surface area contributed by atoms with E-state index < -0.39 is 0 Å². The Kier molecular flexibility index (Phi) is 5.09. The number of benzene rings is 1. The molecule has 110 valence electrons. The van der Waals surface area contributed by atoms with Gasteiger partial charge in [0.05, 0.1) is 13.2 Å². The average Bonchev–Trinajstić information content (AvgIpc) is 2.83. The molecule has 2 rings (SSSR count). The highest BCUT2D eigenvalue weighted by Gasteiger charge is 2.26. The third-order valence-electron chi connectivity index (χ3n) is 3.75. The number of ether oxygens (including phenoxy) is 1. The van der Waals surface area contributed by atoms with Gasteiger partial charge in [-0.2, -0.15) is 0 Å². The van der Waals surface area contributed by atoms with Crippen LogP contribution in [0.4, 0.5) is 10.1 Å². The Bertz CT molecular complexity index is 479. The highest BCUT2D eigenvalue weighted by molar-refractivity contribution is 5.93. The highest BCUT2D eigenvalue weighted by Crippen LogP contribution is 2.19. The molecule has 1 fully saturated rings. The molecule has 1 aromatic rings. The summed E-state index contributed by atoms with van der Waals surface area (Å²) in [5, 5.41) is 2.78. The second-order valence-electron chi connectivity index (χ2n) is 5.18. The summed E-state index contributed by atoms with van der Waals surface area (Å²) in [4.78, 5) is 14.2. The Labute approximate surface area is 118 Å². The largest absolute Gasteiger partial charge is 0.383 e. The van der Waals surface area contributed by atoms with Crippen molar-refractivity contribution in [2.75, 3.05) is 32.1 Å². The van der Waals surface area contributed by atoms with Gasteiger partial charge in [0.1, 0.15) is 5.82 Å². The fourth-order valence-corrected chi connectivity index (χ4v) is 2.60. The lowest BCUT2D eigenvalue weighted by Crippen LogP contribution is -2.39. The summed E-state index contributed by atoms with van der Waals surface area (Å²) in [7, 11) is 1.67. The van der Waals surface area contributed by atoms with E-state index in [2.05, 4.69) is 10.2 Å². The lowest BCUT2D eigenvalue weighted by Gasteiger charge is -2.23. The van der Waals surface area contributed by atoms with E-state index in [1.807, 2.05) is 0 Å². The monoisotopic (exact) mass is 280 g/mol. The van der Waals surface area contributed by atoms with Gasteiger partial charge < -0.3 is 10.1 Å². The first-order valence-electron chi connectivity index (χ1n) is 6.89. The van der Waals surface area contributed by atoms with Gasteiger partial charge in [-0.15, -0.1) is 0 Å². The number of carbonyl (C=O) groups excluding carboxylic acids is 1. The zero-order chi connectivity index (χ0) is 14.5. The van der Waals surface area contributed by atoms with Crippen molar-refractivity contribution in [1.29, 1.82) is 0 Å². The normalized spacial score (nSPS) is 19.2. The number of hydrogen-bond acceptors (Lipinski definition) is 3. The summed E-state index contributed by atoms with van der Waals surface area (Å²) in [6.07, 6.45) is 2.14. The van der Waals surface area contributed by atoms with Gasteiger partial charge in [0, 0.05) is 24.4 Å². The molecule has 0 aromatic heterocycles. The zero-order valence-corrected chi connectivity index (χ0v) is 12.0. The third kappa shape index (κ3) is 3.55. The first kappa shape index (κ1) is 14.9. The lowest BCUT2D eigenvalue weighted by atomic mass is 10.2. The minimum atomic E-state index is -0.304. The summed E-state index contributed by atoms with van der Waals surface area (Å²) in [5.41, 5.74) is 1.01. The van der Waals surface area contributed by atoms with Gasteiger partial charge in [-0.25, -0.2) is 4.39 Å². The van der Waals surface area contributed by atoms with E-state index in [1.165, 1.54) is 6.07 Å². The van der Waals surface area contributed by atoms with Gasteiger partial charge in [0.15, 0.2) is 0 Å². The Morgan fingerprint density at radius 2 is 2.35 bits per heavy atom. The molecule has 1 N–H and O–H groups in total. The Hall–Kier alpha value is -1.46. The van der Waals surface area contributed by atoms with Crippen molar-refractivity contribution in [2.24, 2.45) is 0 Å². The van der Waals surface area contributed by atoms with Crippen LogP contribution in [-0.4, -0.2) is 43.7 Å². The number of rotatable bonds is 5. The number of likely N-dealkylation sites (tertiary alicyclic amines) is 1. The van der Waals surface area contributed by atoms with E-state index in [0.717, 1.165) is 19.4 Å². The predicted octanol–water partition coefficient (Wildman–Crippen LogP) is 2.18. The van der Waals surface area contributed by atoms with Crippen molar-refractivity contribution < 1.29 is 13.9 Å². The number of hydrogen-bond donors (Lipinski definition) is 1. The van der Waals surface area contributed by atoms with Crippen molar-refractivity contribution in [2.45, 2.75) is 25.8 Å². The molecule has 0 spiro atoms. The quantitative estimate of drug-likeness (QED) is 0.899. The van der Waals surface area contributed by atoms with Gasteiger partial charge in [0.2, 0.25) is 5.91 Å². The smallest absolute Gasteiger partial charge is 0.238 e. The molecule has 0 saturated carbocycles. The van der Waals surface area contributed by atoms with Crippen LogP contribution in [0.2, 0.25) is 0 Å². The van der Waals surface area contributed by atoms with E-state index in [-0.39, 0.29) is 11.7 Å². The molecule has 4 nitrogen and oxygen atoms in total. The molecule has 1 aromatic carbocycles. The van der Waals surface area contributed by atoms with Crippen LogP contribution < -0.4 is 5.32 Å². The van der Waals surface area contributed by atoms with Crippen molar-refractivity contribution in [1.82, 2.24) is 4.90 Å². The van der Waals surface area contributed by atoms with Crippen LogP contribution in [0.3, 0.4) is 0 Å². The number of halogens is 1. The predicted molar refractivity (Wildman–Crippen MR) is 76.2 cm³/mol. The zero-order valence-electron chi connectivity index (χ0n) is 12.0. The van der Waals surface area contributed by atoms with Gasteiger partial charge in [0.25, 0.3) is 0 Å². The second-order valence-corrected chi connectivity index (χ2v) is 5.18. The van der Waals surface area contributed by atoms with Gasteiger partial charge in [-0.05, 0) is 38.4 Å². The van der Waals surface area contributed by atoms with Crippen LogP contribution in [0.25, 0.3) is 0 Å². The molecule has 1 aliphatic rings. The number of methoxy groups -OCH3 is 1. The number of carbonyl (C=O) groups is 1.